The maximum Gasteiger partial charge on any atom is 0.305 e. The number of carbonyl (C=O) groups is 2. The van der Waals surface area contributed by atoms with Crippen molar-refractivity contribution in [3.63, 3.8) is 0 Å². The molecule has 162 valence electrons. The van der Waals surface area contributed by atoms with Gasteiger partial charge in [-0.05, 0) is 43.4 Å². The van der Waals surface area contributed by atoms with Crippen LogP contribution in [0.5, 0.6) is 0 Å². The van der Waals surface area contributed by atoms with Crippen LogP contribution in [0.15, 0.2) is 63.9 Å². The van der Waals surface area contributed by atoms with Crippen LogP contribution in [0.3, 0.4) is 0 Å². The fourth-order valence-electron chi connectivity index (χ4n) is 3.30. The van der Waals surface area contributed by atoms with Crippen LogP contribution in [0.4, 0.5) is 0 Å². The van der Waals surface area contributed by atoms with Gasteiger partial charge < -0.3 is 9.32 Å². The van der Waals surface area contributed by atoms with Gasteiger partial charge in [-0.15, -0.1) is 0 Å². The summed E-state index contributed by atoms with van der Waals surface area (Å²) in [7, 11) is -1.66. The van der Waals surface area contributed by atoms with Gasteiger partial charge >= 0.3 is 5.91 Å². The first-order chi connectivity index (χ1) is 14.8. The minimum atomic E-state index is -3.61. The molecular formula is C21H22N4O5S. The molecule has 1 aliphatic heterocycles. The van der Waals surface area contributed by atoms with Crippen molar-refractivity contribution in [1.82, 2.24) is 20.1 Å². The SMILES string of the molecule is CN1CCN(S(=O)(=O)c2ccc(C(=O)NNC(=O)c3cc4ccccc4o3)cc2)CC1. The summed E-state index contributed by atoms with van der Waals surface area (Å²) in [6, 6.07) is 14.4. The second-order valence-corrected chi connectivity index (χ2v) is 9.23. The van der Waals surface area contributed by atoms with Crippen LogP contribution in [0, 0.1) is 0 Å². The molecule has 2 N–H and O–H groups in total. The number of amides is 2. The van der Waals surface area contributed by atoms with E-state index in [0.29, 0.717) is 31.8 Å². The van der Waals surface area contributed by atoms with Gasteiger partial charge in [0.25, 0.3) is 5.91 Å². The lowest BCUT2D eigenvalue weighted by Gasteiger charge is -2.31. The van der Waals surface area contributed by atoms with Crippen molar-refractivity contribution < 1.29 is 22.4 Å². The number of hydrazine groups is 1. The lowest BCUT2D eigenvalue weighted by atomic mass is 10.2. The Kier molecular flexibility index (Phi) is 5.77. The van der Waals surface area contributed by atoms with Gasteiger partial charge in [-0.1, -0.05) is 18.2 Å². The minimum Gasteiger partial charge on any atom is -0.451 e. The van der Waals surface area contributed by atoms with Gasteiger partial charge in [0.1, 0.15) is 5.58 Å². The zero-order valence-corrected chi connectivity index (χ0v) is 17.7. The van der Waals surface area contributed by atoms with Crippen molar-refractivity contribution in [1.29, 1.82) is 0 Å². The number of nitrogens with one attached hydrogen (secondary N) is 2. The van der Waals surface area contributed by atoms with Gasteiger partial charge in [0.15, 0.2) is 5.76 Å². The Bertz CT molecular complexity index is 1180. The number of sulfonamides is 1. The monoisotopic (exact) mass is 442 g/mol. The van der Waals surface area contributed by atoms with E-state index in [1.165, 1.54) is 28.6 Å². The molecule has 0 unspecified atom stereocenters. The van der Waals surface area contributed by atoms with Crippen molar-refractivity contribution in [2.24, 2.45) is 0 Å². The van der Waals surface area contributed by atoms with Crippen LogP contribution < -0.4 is 10.9 Å². The molecule has 0 radical (unpaired) electrons. The molecule has 1 aromatic heterocycles. The average molecular weight is 442 g/mol. The molecule has 3 aromatic rings. The Morgan fingerprint density at radius 3 is 2.23 bits per heavy atom. The Labute approximate surface area is 179 Å². The Hall–Kier alpha value is -3.21. The van der Waals surface area contributed by atoms with Crippen molar-refractivity contribution >= 4 is 32.8 Å². The fraction of sp³-hybridized carbons (Fsp3) is 0.238. The molecule has 0 aliphatic carbocycles. The molecule has 1 saturated heterocycles. The molecule has 9 nitrogen and oxygen atoms in total. The van der Waals surface area contributed by atoms with Crippen molar-refractivity contribution in [3.8, 4) is 0 Å². The van der Waals surface area contributed by atoms with Gasteiger partial charge in [-0.25, -0.2) is 8.42 Å². The van der Waals surface area contributed by atoms with Crippen molar-refractivity contribution in [2.75, 3.05) is 33.2 Å². The number of carbonyl (C=O) groups excluding carboxylic acids is 2. The molecule has 4 rings (SSSR count). The highest BCUT2D eigenvalue weighted by molar-refractivity contribution is 7.89. The van der Waals surface area contributed by atoms with Crippen LogP contribution in [-0.2, 0) is 10.0 Å². The third kappa shape index (κ3) is 4.46. The van der Waals surface area contributed by atoms with Gasteiger partial charge in [-0.2, -0.15) is 4.31 Å². The number of piperazine rings is 1. The van der Waals surface area contributed by atoms with Gasteiger partial charge in [-0.3, -0.25) is 20.4 Å². The number of furan rings is 1. The molecule has 0 bridgehead atoms. The Morgan fingerprint density at radius 1 is 0.903 bits per heavy atom. The fourth-order valence-corrected chi connectivity index (χ4v) is 4.72. The molecule has 2 aromatic carbocycles. The largest absolute Gasteiger partial charge is 0.451 e. The summed E-state index contributed by atoms with van der Waals surface area (Å²) in [5, 5.41) is 0.774. The van der Waals surface area contributed by atoms with Crippen LogP contribution in [0.25, 0.3) is 11.0 Å². The molecule has 31 heavy (non-hydrogen) atoms. The summed E-state index contributed by atoms with van der Waals surface area (Å²) in [5.41, 5.74) is 5.38. The van der Waals surface area contributed by atoms with E-state index in [2.05, 4.69) is 15.8 Å². The standard InChI is InChI=1S/C21H22N4O5S/c1-24-10-12-25(13-11-24)31(28,29)17-8-6-15(7-9-17)20(26)22-23-21(27)19-14-16-4-2-3-5-18(16)30-19/h2-9,14H,10-13H2,1H3,(H,22,26)(H,23,27). The third-order valence-electron chi connectivity index (χ3n) is 5.16. The smallest absolute Gasteiger partial charge is 0.305 e. The number of para-hydroxylation sites is 1. The second kappa shape index (κ2) is 8.50. The van der Waals surface area contributed by atoms with E-state index < -0.39 is 21.8 Å². The zero-order valence-electron chi connectivity index (χ0n) is 16.9. The number of fused-ring (bicyclic) bond motifs is 1. The summed E-state index contributed by atoms with van der Waals surface area (Å²) in [4.78, 5) is 26.7. The number of hydrogen-bond acceptors (Lipinski definition) is 6. The highest BCUT2D eigenvalue weighted by atomic mass is 32.2. The molecule has 2 amide bonds. The van der Waals surface area contributed by atoms with Gasteiger partial charge in [0.05, 0.1) is 4.90 Å². The first kappa shape index (κ1) is 21.0. The second-order valence-electron chi connectivity index (χ2n) is 7.29. The third-order valence-corrected chi connectivity index (χ3v) is 7.07. The predicted octanol–water partition coefficient (Wildman–Crippen LogP) is 1.44. The van der Waals surface area contributed by atoms with E-state index >= 15 is 0 Å². The van der Waals surface area contributed by atoms with Crippen LogP contribution in [-0.4, -0.2) is 62.7 Å². The number of likely N-dealkylation sites (N-methyl/N-ethyl adjacent to an activating group) is 1. The minimum absolute atomic E-state index is 0.0649. The molecule has 2 heterocycles. The maximum atomic E-state index is 12.8. The van der Waals surface area contributed by atoms with Gasteiger partial charge in [0, 0.05) is 37.1 Å². The average Bonchev–Trinajstić information content (AvgIpc) is 3.22. The normalized spacial score (nSPS) is 15.6. The summed E-state index contributed by atoms with van der Waals surface area (Å²) in [6.07, 6.45) is 0. The molecule has 0 saturated carbocycles. The number of benzene rings is 2. The van der Waals surface area contributed by atoms with Crippen LogP contribution in [0.2, 0.25) is 0 Å². The van der Waals surface area contributed by atoms with E-state index in [1.54, 1.807) is 18.2 Å². The number of rotatable bonds is 4. The summed E-state index contributed by atoms with van der Waals surface area (Å²) in [5.74, 6) is -1.11. The van der Waals surface area contributed by atoms with Crippen molar-refractivity contribution in [3.05, 3.63) is 65.9 Å². The molecule has 10 heteroatoms. The van der Waals surface area contributed by atoms with E-state index in [4.69, 9.17) is 4.42 Å². The van der Waals surface area contributed by atoms with E-state index in [9.17, 15) is 18.0 Å². The quantitative estimate of drug-likeness (QED) is 0.592. The van der Waals surface area contributed by atoms with Crippen LogP contribution in [0.1, 0.15) is 20.9 Å². The van der Waals surface area contributed by atoms with Crippen molar-refractivity contribution in [2.45, 2.75) is 4.90 Å². The lowest BCUT2D eigenvalue weighted by molar-refractivity contribution is 0.0832. The van der Waals surface area contributed by atoms with Crippen LogP contribution >= 0.6 is 0 Å². The topological polar surface area (TPSA) is 112 Å². The first-order valence-corrected chi connectivity index (χ1v) is 11.2. The zero-order chi connectivity index (χ0) is 22.0. The van der Waals surface area contributed by atoms with Gasteiger partial charge in [0.2, 0.25) is 10.0 Å². The van der Waals surface area contributed by atoms with E-state index in [1.807, 2.05) is 19.2 Å². The maximum absolute atomic E-state index is 12.8. The Balaban J connectivity index is 1.38. The number of hydrogen-bond donors (Lipinski definition) is 2. The molecule has 0 atom stereocenters. The lowest BCUT2D eigenvalue weighted by Crippen LogP contribution is -2.47. The summed E-state index contributed by atoms with van der Waals surface area (Å²) < 4.78 is 32.4. The Morgan fingerprint density at radius 2 is 1.55 bits per heavy atom. The molecule has 1 aliphatic rings. The summed E-state index contributed by atoms with van der Waals surface area (Å²) >= 11 is 0. The van der Waals surface area contributed by atoms with E-state index in [-0.39, 0.29) is 16.2 Å². The number of nitrogens with zero attached hydrogens (tertiary/aromatic N) is 2. The predicted molar refractivity (Wildman–Crippen MR) is 114 cm³/mol. The van der Waals surface area contributed by atoms with E-state index in [0.717, 1.165) is 5.39 Å². The summed E-state index contributed by atoms with van der Waals surface area (Å²) in [6.45, 7) is 2.19. The highest BCUT2D eigenvalue weighted by Gasteiger charge is 2.27. The molecule has 0 spiro atoms. The first-order valence-electron chi connectivity index (χ1n) is 9.72. The molecular weight excluding hydrogens is 420 g/mol. The highest BCUT2D eigenvalue weighted by Crippen LogP contribution is 2.19. The molecule has 1 fully saturated rings.